The fourth-order valence-electron chi connectivity index (χ4n) is 3.60. The van der Waals surface area contributed by atoms with Crippen molar-refractivity contribution in [3.8, 4) is 0 Å². The van der Waals surface area contributed by atoms with E-state index in [9.17, 15) is 0 Å². The normalized spacial score (nSPS) is 20.9. The molecule has 3 heterocycles. The van der Waals surface area contributed by atoms with Gasteiger partial charge in [-0.1, -0.05) is 0 Å². The summed E-state index contributed by atoms with van der Waals surface area (Å²) in [6, 6.07) is 0. The first-order valence-corrected chi connectivity index (χ1v) is 9.71. The Morgan fingerprint density at radius 3 is 2.50 bits per heavy atom. The van der Waals surface area contributed by atoms with Gasteiger partial charge in [0, 0.05) is 36.5 Å². The van der Waals surface area contributed by atoms with Gasteiger partial charge in [0.2, 0.25) is 0 Å². The Balaban J connectivity index is 1.34. The van der Waals surface area contributed by atoms with Crippen LogP contribution in [-0.2, 0) is 4.74 Å². The number of likely N-dealkylation sites (tertiary alicyclic amines) is 1. The third-order valence-electron chi connectivity index (χ3n) is 5.32. The highest BCUT2D eigenvalue weighted by Gasteiger charge is 2.21. The van der Waals surface area contributed by atoms with E-state index in [-0.39, 0.29) is 0 Å². The van der Waals surface area contributed by atoms with Crippen LogP contribution in [0.4, 0.5) is 5.69 Å². The highest BCUT2D eigenvalue weighted by molar-refractivity contribution is 7.10. The van der Waals surface area contributed by atoms with Gasteiger partial charge < -0.3 is 14.5 Å². The van der Waals surface area contributed by atoms with E-state index in [1.54, 1.807) is 0 Å². The molecule has 0 radical (unpaired) electrons. The Morgan fingerprint density at radius 1 is 1.14 bits per heavy atom. The molecule has 0 aliphatic carbocycles. The summed E-state index contributed by atoms with van der Waals surface area (Å²) in [6.45, 7) is 12.4. The number of aryl methyl sites for hydroxylation is 1. The summed E-state index contributed by atoms with van der Waals surface area (Å²) in [5.74, 6) is 0.759. The molecule has 0 aromatic carbocycles. The van der Waals surface area contributed by atoms with Crippen molar-refractivity contribution in [2.24, 2.45) is 5.92 Å². The lowest BCUT2D eigenvalue weighted by atomic mass is 9.97. The molecule has 1 aromatic rings. The highest BCUT2D eigenvalue weighted by atomic mass is 32.1. The number of rotatable bonds is 6. The molecule has 2 aliphatic rings. The maximum atomic E-state index is 5.95. The molecule has 2 saturated heterocycles. The summed E-state index contributed by atoms with van der Waals surface area (Å²) < 4.78 is 5.95. The molecule has 0 atom stereocenters. The Hall–Kier alpha value is -0.580. The second kappa shape index (κ2) is 7.80. The number of nitrogens with zero attached hydrogens (tertiary/aromatic N) is 2. The SMILES string of the molecule is Cc1scc(N2CCC(COCCN3CCCC3)CC2)c1C. The van der Waals surface area contributed by atoms with Crippen LogP contribution < -0.4 is 4.90 Å². The summed E-state index contributed by atoms with van der Waals surface area (Å²) in [7, 11) is 0. The molecule has 0 saturated carbocycles. The molecule has 124 valence electrons. The maximum absolute atomic E-state index is 5.95. The van der Waals surface area contributed by atoms with Gasteiger partial charge in [0.05, 0.1) is 12.3 Å². The van der Waals surface area contributed by atoms with Crippen LogP contribution in [0, 0.1) is 19.8 Å². The van der Waals surface area contributed by atoms with E-state index >= 15 is 0 Å². The van der Waals surface area contributed by atoms with Gasteiger partial charge >= 0.3 is 0 Å². The van der Waals surface area contributed by atoms with E-state index in [0.29, 0.717) is 0 Å². The number of piperidine rings is 1. The summed E-state index contributed by atoms with van der Waals surface area (Å²) in [4.78, 5) is 6.56. The molecule has 0 amide bonds. The zero-order chi connectivity index (χ0) is 15.4. The number of hydrogen-bond acceptors (Lipinski definition) is 4. The lowest BCUT2D eigenvalue weighted by Gasteiger charge is -2.33. The van der Waals surface area contributed by atoms with E-state index < -0.39 is 0 Å². The average Bonchev–Trinajstić information content (AvgIpc) is 3.16. The van der Waals surface area contributed by atoms with Gasteiger partial charge in [-0.05, 0) is 64.1 Å². The third-order valence-corrected chi connectivity index (χ3v) is 6.32. The Morgan fingerprint density at radius 2 is 1.86 bits per heavy atom. The minimum atomic E-state index is 0.759. The zero-order valence-corrected chi connectivity index (χ0v) is 15.0. The van der Waals surface area contributed by atoms with Gasteiger partial charge in [-0.25, -0.2) is 0 Å². The minimum absolute atomic E-state index is 0.759. The highest BCUT2D eigenvalue weighted by Crippen LogP contribution is 2.31. The van der Waals surface area contributed by atoms with Crippen LogP contribution in [0.5, 0.6) is 0 Å². The first-order valence-electron chi connectivity index (χ1n) is 8.84. The molecule has 2 fully saturated rings. The number of ether oxygens (including phenoxy) is 1. The monoisotopic (exact) mass is 322 g/mol. The Bertz CT molecular complexity index is 460. The first kappa shape index (κ1) is 16.3. The molecule has 3 rings (SSSR count). The van der Waals surface area contributed by atoms with Crippen LogP contribution in [0.3, 0.4) is 0 Å². The second-order valence-electron chi connectivity index (χ2n) is 6.86. The van der Waals surface area contributed by atoms with Crippen LogP contribution in [-0.4, -0.2) is 50.8 Å². The van der Waals surface area contributed by atoms with E-state index in [2.05, 4.69) is 29.0 Å². The van der Waals surface area contributed by atoms with Crippen molar-refractivity contribution in [1.82, 2.24) is 4.90 Å². The van der Waals surface area contributed by atoms with Crippen LogP contribution in [0.25, 0.3) is 0 Å². The molecule has 4 heteroatoms. The van der Waals surface area contributed by atoms with Crippen LogP contribution in [0.2, 0.25) is 0 Å². The molecule has 0 N–H and O–H groups in total. The third kappa shape index (κ3) is 4.03. The molecule has 1 aromatic heterocycles. The standard InChI is InChI=1S/C18H30N2OS/c1-15-16(2)22-14-18(15)20-9-5-17(6-10-20)13-21-12-11-19-7-3-4-8-19/h14,17H,3-13H2,1-2H3. The summed E-state index contributed by atoms with van der Waals surface area (Å²) in [6.07, 6.45) is 5.30. The second-order valence-corrected chi connectivity index (χ2v) is 7.94. The lowest BCUT2D eigenvalue weighted by molar-refractivity contribution is 0.0753. The van der Waals surface area contributed by atoms with Crippen molar-refractivity contribution in [3.05, 3.63) is 15.8 Å². The Kier molecular flexibility index (Phi) is 5.77. The van der Waals surface area contributed by atoms with Gasteiger partial charge in [-0.3, -0.25) is 0 Å². The van der Waals surface area contributed by atoms with Gasteiger partial charge in [0.25, 0.3) is 0 Å². The summed E-state index contributed by atoms with van der Waals surface area (Å²) in [5.41, 5.74) is 2.95. The van der Waals surface area contributed by atoms with E-state index in [1.807, 2.05) is 11.3 Å². The molecule has 2 aliphatic heterocycles. The van der Waals surface area contributed by atoms with Crippen molar-refractivity contribution in [2.75, 3.05) is 50.8 Å². The molecule has 0 unspecified atom stereocenters. The predicted octanol–water partition coefficient (Wildman–Crippen LogP) is 3.69. The molecule has 0 spiro atoms. The van der Waals surface area contributed by atoms with Crippen molar-refractivity contribution in [3.63, 3.8) is 0 Å². The summed E-state index contributed by atoms with van der Waals surface area (Å²) >= 11 is 1.88. The quantitative estimate of drug-likeness (QED) is 0.743. The van der Waals surface area contributed by atoms with E-state index in [0.717, 1.165) is 25.7 Å². The maximum Gasteiger partial charge on any atom is 0.0593 e. The molecular weight excluding hydrogens is 292 g/mol. The van der Waals surface area contributed by atoms with Gasteiger partial charge in [-0.2, -0.15) is 0 Å². The lowest BCUT2D eigenvalue weighted by Crippen LogP contribution is -2.35. The van der Waals surface area contributed by atoms with Gasteiger partial charge in [-0.15, -0.1) is 11.3 Å². The molecular formula is C18H30N2OS. The van der Waals surface area contributed by atoms with Crippen molar-refractivity contribution in [2.45, 2.75) is 39.5 Å². The predicted molar refractivity (Wildman–Crippen MR) is 95.2 cm³/mol. The largest absolute Gasteiger partial charge is 0.380 e. The van der Waals surface area contributed by atoms with Gasteiger partial charge in [0.1, 0.15) is 0 Å². The fourth-order valence-corrected chi connectivity index (χ4v) is 4.50. The summed E-state index contributed by atoms with van der Waals surface area (Å²) in [5, 5.41) is 2.33. The van der Waals surface area contributed by atoms with Crippen molar-refractivity contribution >= 4 is 17.0 Å². The van der Waals surface area contributed by atoms with Crippen LogP contribution >= 0.6 is 11.3 Å². The van der Waals surface area contributed by atoms with Gasteiger partial charge in [0.15, 0.2) is 0 Å². The molecule has 0 bridgehead atoms. The minimum Gasteiger partial charge on any atom is -0.380 e. The topological polar surface area (TPSA) is 15.7 Å². The molecule has 3 nitrogen and oxygen atoms in total. The van der Waals surface area contributed by atoms with E-state index in [1.165, 1.54) is 68.0 Å². The Labute approximate surface area is 139 Å². The van der Waals surface area contributed by atoms with E-state index in [4.69, 9.17) is 4.74 Å². The van der Waals surface area contributed by atoms with Crippen molar-refractivity contribution < 1.29 is 4.74 Å². The zero-order valence-electron chi connectivity index (χ0n) is 14.1. The number of anilines is 1. The first-order chi connectivity index (χ1) is 10.7. The van der Waals surface area contributed by atoms with Crippen molar-refractivity contribution in [1.29, 1.82) is 0 Å². The number of thiophene rings is 1. The fraction of sp³-hybridized carbons (Fsp3) is 0.778. The number of hydrogen-bond donors (Lipinski definition) is 0. The van der Waals surface area contributed by atoms with Crippen LogP contribution in [0.15, 0.2) is 5.38 Å². The average molecular weight is 323 g/mol. The molecule has 22 heavy (non-hydrogen) atoms. The van der Waals surface area contributed by atoms with Crippen LogP contribution in [0.1, 0.15) is 36.1 Å². The smallest absolute Gasteiger partial charge is 0.0593 e.